The van der Waals surface area contributed by atoms with Gasteiger partial charge in [-0.25, -0.2) is 9.18 Å². The lowest BCUT2D eigenvalue weighted by Crippen LogP contribution is -2.28. The molecule has 0 fully saturated rings. The molecule has 0 heterocycles. The molecule has 0 saturated carbocycles. The highest BCUT2D eigenvalue weighted by Crippen LogP contribution is 2.24. The van der Waals surface area contributed by atoms with Crippen LogP contribution in [0.3, 0.4) is 0 Å². The van der Waals surface area contributed by atoms with Crippen LogP contribution in [-0.4, -0.2) is 12.6 Å². The number of halogens is 1. The molecule has 0 saturated heterocycles. The highest BCUT2D eigenvalue weighted by molar-refractivity contribution is 5.90. The third-order valence-corrected chi connectivity index (χ3v) is 3.05. The normalized spacial score (nSPS) is 10.4. The molecule has 4 nitrogen and oxygen atoms in total. The van der Waals surface area contributed by atoms with E-state index < -0.39 is 0 Å². The Hall–Kier alpha value is -2.56. The average molecular weight is 316 g/mol. The van der Waals surface area contributed by atoms with Crippen LogP contribution in [0.4, 0.5) is 14.9 Å². The Balaban J connectivity index is 1.92. The molecule has 0 radical (unpaired) electrons. The van der Waals surface area contributed by atoms with Gasteiger partial charge in [0, 0.05) is 6.54 Å². The van der Waals surface area contributed by atoms with E-state index in [1.54, 1.807) is 18.2 Å². The fourth-order valence-corrected chi connectivity index (χ4v) is 1.95. The monoisotopic (exact) mass is 316 g/mol. The first-order valence-corrected chi connectivity index (χ1v) is 7.55. The summed E-state index contributed by atoms with van der Waals surface area (Å²) in [5.74, 6) is 0.698. The molecular weight excluding hydrogens is 295 g/mol. The third-order valence-electron chi connectivity index (χ3n) is 3.05. The van der Waals surface area contributed by atoms with E-state index in [4.69, 9.17) is 4.74 Å². The molecule has 0 unspecified atom stereocenters. The first-order valence-electron chi connectivity index (χ1n) is 7.55. The quantitative estimate of drug-likeness (QED) is 0.840. The molecule has 0 aliphatic carbocycles. The van der Waals surface area contributed by atoms with Crippen LogP contribution in [0.1, 0.15) is 19.4 Å². The molecule has 0 spiro atoms. The number of para-hydroxylation sites is 2. The second kappa shape index (κ2) is 8.17. The molecule has 23 heavy (non-hydrogen) atoms. The molecule has 0 aromatic heterocycles. The van der Waals surface area contributed by atoms with E-state index in [1.807, 2.05) is 18.2 Å². The Labute approximate surface area is 135 Å². The van der Waals surface area contributed by atoms with Crippen molar-refractivity contribution >= 4 is 11.7 Å². The Morgan fingerprint density at radius 1 is 1.17 bits per heavy atom. The zero-order chi connectivity index (χ0) is 16.7. The summed E-state index contributed by atoms with van der Waals surface area (Å²) in [6.45, 7) is 4.94. The van der Waals surface area contributed by atoms with Crippen LogP contribution in [0.15, 0.2) is 48.5 Å². The largest absolute Gasteiger partial charge is 0.491 e. The van der Waals surface area contributed by atoms with Crippen LogP contribution in [0.25, 0.3) is 0 Å². The number of anilines is 1. The van der Waals surface area contributed by atoms with Crippen LogP contribution in [-0.2, 0) is 6.54 Å². The summed E-state index contributed by atoms with van der Waals surface area (Å²) >= 11 is 0. The van der Waals surface area contributed by atoms with E-state index in [2.05, 4.69) is 24.5 Å². The van der Waals surface area contributed by atoms with Gasteiger partial charge in [0.2, 0.25) is 0 Å². The molecule has 0 aliphatic heterocycles. The van der Waals surface area contributed by atoms with E-state index in [9.17, 15) is 9.18 Å². The molecule has 0 aliphatic rings. The Bertz CT molecular complexity index is 659. The number of hydrogen-bond acceptors (Lipinski definition) is 2. The van der Waals surface area contributed by atoms with Crippen molar-refractivity contribution in [2.24, 2.45) is 5.92 Å². The second-order valence-electron chi connectivity index (χ2n) is 5.64. The van der Waals surface area contributed by atoms with Gasteiger partial charge in [0.1, 0.15) is 11.6 Å². The summed E-state index contributed by atoms with van der Waals surface area (Å²) in [5, 5.41) is 5.44. The highest BCUT2D eigenvalue weighted by atomic mass is 19.1. The highest BCUT2D eigenvalue weighted by Gasteiger charge is 2.08. The predicted octanol–water partition coefficient (Wildman–Crippen LogP) is 4.18. The minimum absolute atomic E-state index is 0.249. The number of nitrogens with one attached hydrogen (secondary N) is 2. The summed E-state index contributed by atoms with van der Waals surface area (Å²) in [6.07, 6.45) is 0. The van der Waals surface area contributed by atoms with Gasteiger partial charge in [-0.15, -0.1) is 0 Å². The molecule has 0 atom stereocenters. The van der Waals surface area contributed by atoms with Gasteiger partial charge >= 0.3 is 6.03 Å². The summed E-state index contributed by atoms with van der Waals surface area (Å²) < 4.78 is 18.8. The summed E-state index contributed by atoms with van der Waals surface area (Å²) in [5.41, 5.74) is 1.30. The maximum Gasteiger partial charge on any atom is 0.319 e. The van der Waals surface area contributed by atoms with Gasteiger partial charge < -0.3 is 15.4 Å². The maximum absolute atomic E-state index is 13.1. The Morgan fingerprint density at radius 3 is 2.70 bits per heavy atom. The number of urea groups is 1. The lowest BCUT2D eigenvalue weighted by atomic mass is 10.2. The number of carbonyl (C=O) groups excluding carboxylic acids is 1. The van der Waals surface area contributed by atoms with Crippen molar-refractivity contribution in [2.75, 3.05) is 11.9 Å². The average Bonchev–Trinajstić information content (AvgIpc) is 2.52. The van der Waals surface area contributed by atoms with Crippen LogP contribution in [0.2, 0.25) is 0 Å². The number of ether oxygens (including phenoxy) is 1. The third kappa shape index (κ3) is 5.62. The van der Waals surface area contributed by atoms with Crippen molar-refractivity contribution in [3.05, 3.63) is 59.9 Å². The minimum Gasteiger partial charge on any atom is -0.491 e. The van der Waals surface area contributed by atoms with Gasteiger partial charge in [-0.2, -0.15) is 0 Å². The topological polar surface area (TPSA) is 50.4 Å². The van der Waals surface area contributed by atoms with Crippen LogP contribution in [0, 0.1) is 11.7 Å². The predicted molar refractivity (Wildman–Crippen MR) is 89.0 cm³/mol. The standard InChI is InChI=1S/C18H21FN2O2/c1-13(2)12-23-17-9-4-3-8-16(17)21-18(22)20-11-14-6-5-7-15(19)10-14/h3-10,13H,11-12H2,1-2H3,(H2,20,21,22). The van der Waals surface area contributed by atoms with E-state index in [1.165, 1.54) is 12.1 Å². The lowest BCUT2D eigenvalue weighted by molar-refractivity contribution is 0.251. The van der Waals surface area contributed by atoms with Crippen molar-refractivity contribution in [1.82, 2.24) is 5.32 Å². The summed E-state index contributed by atoms with van der Waals surface area (Å²) in [4.78, 5) is 12.0. The molecule has 5 heteroatoms. The Morgan fingerprint density at radius 2 is 1.96 bits per heavy atom. The van der Waals surface area contributed by atoms with Crippen LogP contribution < -0.4 is 15.4 Å². The Kier molecular flexibility index (Phi) is 5.97. The maximum atomic E-state index is 13.1. The summed E-state index contributed by atoms with van der Waals surface area (Å²) in [7, 11) is 0. The fraction of sp³-hybridized carbons (Fsp3) is 0.278. The van der Waals surface area contributed by atoms with E-state index in [-0.39, 0.29) is 18.4 Å². The number of benzene rings is 2. The van der Waals surface area contributed by atoms with E-state index in [0.717, 1.165) is 0 Å². The van der Waals surface area contributed by atoms with Gasteiger partial charge in [0.25, 0.3) is 0 Å². The summed E-state index contributed by atoms with van der Waals surface area (Å²) in [6, 6.07) is 13.0. The lowest BCUT2D eigenvalue weighted by Gasteiger charge is -2.14. The minimum atomic E-state index is -0.366. The van der Waals surface area contributed by atoms with Gasteiger partial charge in [-0.1, -0.05) is 38.1 Å². The fourth-order valence-electron chi connectivity index (χ4n) is 1.95. The smallest absolute Gasteiger partial charge is 0.319 e. The molecule has 2 N–H and O–H groups in total. The number of amides is 2. The number of rotatable bonds is 6. The van der Waals surface area contributed by atoms with Gasteiger partial charge in [-0.3, -0.25) is 0 Å². The van der Waals surface area contributed by atoms with Crippen molar-refractivity contribution in [2.45, 2.75) is 20.4 Å². The SMILES string of the molecule is CC(C)COc1ccccc1NC(=O)NCc1cccc(F)c1. The molecule has 122 valence electrons. The second-order valence-corrected chi connectivity index (χ2v) is 5.64. The number of carbonyl (C=O) groups is 1. The van der Waals surface area contributed by atoms with Crippen molar-refractivity contribution in [3.8, 4) is 5.75 Å². The molecule has 2 aromatic rings. The first-order chi connectivity index (χ1) is 11.0. The van der Waals surface area contributed by atoms with E-state index in [0.29, 0.717) is 29.5 Å². The van der Waals surface area contributed by atoms with Crippen LogP contribution >= 0.6 is 0 Å². The van der Waals surface area contributed by atoms with Gasteiger partial charge in [0.05, 0.1) is 12.3 Å². The zero-order valence-electron chi connectivity index (χ0n) is 13.3. The first kappa shape index (κ1) is 16.8. The molecular formula is C18H21FN2O2. The molecule has 0 bridgehead atoms. The number of hydrogen-bond donors (Lipinski definition) is 2. The van der Waals surface area contributed by atoms with E-state index >= 15 is 0 Å². The molecule has 2 rings (SSSR count). The van der Waals surface area contributed by atoms with Crippen molar-refractivity contribution in [1.29, 1.82) is 0 Å². The van der Waals surface area contributed by atoms with Gasteiger partial charge in [0.15, 0.2) is 0 Å². The van der Waals surface area contributed by atoms with Crippen molar-refractivity contribution in [3.63, 3.8) is 0 Å². The van der Waals surface area contributed by atoms with Crippen LogP contribution in [0.5, 0.6) is 5.75 Å². The zero-order valence-corrected chi connectivity index (χ0v) is 13.3. The van der Waals surface area contributed by atoms with Gasteiger partial charge in [-0.05, 0) is 35.7 Å². The molecule has 2 amide bonds. The van der Waals surface area contributed by atoms with Crippen molar-refractivity contribution < 1.29 is 13.9 Å². The molecule has 2 aromatic carbocycles.